The molecule has 12 nitrogen and oxygen atoms in total. The first-order valence-corrected chi connectivity index (χ1v) is 14.6. The molecule has 1 saturated carbocycles. The third kappa shape index (κ3) is 6.94. The van der Waals surface area contributed by atoms with Gasteiger partial charge in [-0.2, -0.15) is 4.37 Å². The Bertz CT molecular complexity index is 1470. The van der Waals surface area contributed by atoms with Crippen LogP contribution in [0.1, 0.15) is 63.0 Å². The van der Waals surface area contributed by atoms with Crippen LogP contribution < -0.4 is 35.7 Å². The third-order valence-electron chi connectivity index (χ3n) is 7.50. The van der Waals surface area contributed by atoms with E-state index >= 15 is 0 Å². The minimum atomic E-state index is -1.14. The summed E-state index contributed by atoms with van der Waals surface area (Å²) < 4.78 is 26.0. The second-order valence-electron chi connectivity index (χ2n) is 10.1. The average molecular weight is 612 g/mol. The molecule has 230 valence electrons. The van der Waals surface area contributed by atoms with Gasteiger partial charge in [0.1, 0.15) is 22.4 Å². The van der Waals surface area contributed by atoms with Gasteiger partial charge in [-0.3, -0.25) is 14.4 Å². The van der Waals surface area contributed by atoms with Gasteiger partial charge in [-0.05, 0) is 66.7 Å². The van der Waals surface area contributed by atoms with E-state index < -0.39 is 17.9 Å². The van der Waals surface area contributed by atoms with Crippen molar-refractivity contribution in [2.45, 2.75) is 44.2 Å². The maximum Gasteiger partial charge on any atom is 0.270 e. The smallest absolute Gasteiger partial charge is 0.270 e. The first-order chi connectivity index (χ1) is 20.7. The molecule has 13 heteroatoms. The number of methoxy groups -OCH3 is 4. The van der Waals surface area contributed by atoms with Crippen molar-refractivity contribution in [2.75, 3.05) is 40.7 Å². The fraction of sp³-hybridized carbons (Fsp3) is 0.400. The number of nitrogens with two attached hydrogens (primary N) is 2. The number of hydrogen-bond donors (Lipinski definition) is 3. The summed E-state index contributed by atoms with van der Waals surface area (Å²) in [6, 6.07) is 9.36. The monoisotopic (exact) mass is 611 g/mol. The Morgan fingerprint density at radius 3 is 2.26 bits per heavy atom. The lowest BCUT2D eigenvalue weighted by atomic mass is 10.00. The summed E-state index contributed by atoms with van der Waals surface area (Å²) in [4.78, 5) is 41.8. The molecule has 1 fully saturated rings. The van der Waals surface area contributed by atoms with Crippen LogP contribution in [0.4, 0.5) is 5.69 Å². The number of nitrogens with one attached hydrogen (secondary N) is 1. The average Bonchev–Trinajstić information content (AvgIpc) is 3.67. The second kappa shape index (κ2) is 14.1. The van der Waals surface area contributed by atoms with Gasteiger partial charge < -0.3 is 40.6 Å². The van der Waals surface area contributed by atoms with Crippen molar-refractivity contribution in [3.05, 3.63) is 58.1 Å². The Hall–Kier alpha value is -4.52. The van der Waals surface area contributed by atoms with E-state index in [-0.39, 0.29) is 34.8 Å². The van der Waals surface area contributed by atoms with E-state index in [1.54, 1.807) is 38.5 Å². The lowest BCUT2D eigenvalue weighted by Crippen LogP contribution is -2.47. The van der Waals surface area contributed by atoms with Crippen molar-refractivity contribution in [2.24, 2.45) is 5.73 Å². The van der Waals surface area contributed by atoms with Crippen molar-refractivity contribution in [3.63, 3.8) is 0 Å². The summed E-state index contributed by atoms with van der Waals surface area (Å²) in [6.45, 7) is 0.0840. The lowest BCUT2D eigenvalue weighted by Gasteiger charge is -2.33. The molecule has 2 aromatic carbocycles. The molecule has 1 atom stereocenters. The number of amides is 3. The molecule has 3 amide bonds. The molecule has 0 unspecified atom stereocenters. The van der Waals surface area contributed by atoms with E-state index in [2.05, 4.69) is 9.69 Å². The maximum atomic E-state index is 14.3. The van der Waals surface area contributed by atoms with Crippen molar-refractivity contribution in [1.82, 2.24) is 14.6 Å². The predicted molar refractivity (Wildman–Crippen MR) is 162 cm³/mol. The van der Waals surface area contributed by atoms with Crippen LogP contribution in [0.15, 0.2) is 36.4 Å². The van der Waals surface area contributed by atoms with E-state index in [0.717, 1.165) is 42.8 Å². The molecular weight excluding hydrogens is 574 g/mol. The zero-order valence-electron chi connectivity index (χ0n) is 24.7. The van der Waals surface area contributed by atoms with Gasteiger partial charge in [0.2, 0.25) is 5.91 Å². The Morgan fingerprint density at radius 1 is 0.977 bits per heavy atom. The summed E-state index contributed by atoms with van der Waals surface area (Å²) in [5.74, 6) is 0.152. The van der Waals surface area contributed by atoms with Crippen LogP contribution in [0.2, 0.25) is 0 Å². The number of hydrogen-bond acceptors (Lipinski definition) is 10. The van der Waals surface area contributed by atoms with Crippen LogP contribution in [0, 0.1) is 0 Å². The van der Waals surface area contributed by atoms with Gasteiger partial charge in [0, 0.05) is 18.2 Å². The summed E-state index contributed by atoms with van der Waals surface area (Å²) >= 11 is 0.757. The van der Waals surface area contributed by atoms with Gasteiger partial charge in [-0.25, -0.2) is 0 Å². The summed E-state index contributed by atoms with van der Waals surface area (Å²) in [7, 11) is 6.10. The molecule has 0 radical (unpaired) electrons. The second-order valence-corrected chi connectivity index (χ2v) is 10.8. The Balaban J connectivity index is 1.83. The van der Waals surface area contributed by atoms with E-state index in [9.17, 15) is 14.4 Å². The molecule has 5 N–H and O–H groups in total. The number of nitrogens with zero attached hydrogens (tertiary/aromatic N) is 2. The van der Waals surface area contributed by atoms with Gasteiger partial charge >= 0.3 is 0 Å². The number of nitrogen functional groups attached to an aromatic ring is 1. The SMILES string of the molecule is COc1ccc(OC)c([C@H](C(=O)NC2CCCC2)N(CCc2ccc(OC)c(OC)c2)C(=O)c2snc(C(N)=O)c2N)c1. The fourth-order valence-corrected chi connectivity index (χ4v) is 6.01. The summed E-state index contributed by atoms with van der Waals surface area (Å²) in [5.41, 5.74) is 12.6. The highest BCUT2D eigenvalue weighted by atomic mass is 32.1. The number of anilines is 1. The highest BCUT2D eigenvalue weighted by Gasteiger charge is 2.37. The van der Waals surface area contributed by atoms with Crippen LogP contribution in [-0.2, 0) is 11.2 Å². The van der Waals surface area contributed by atoms with Crippen molar-refractivity contribution < 1.29 is 33.3 Å². The van der Waals surface area contributed by atoms with Crippen LogP contribution >= 0.6 is 11.5 Å². The maximum absolute atomic E-state index is 14.3. The number of benzene rings is 2. The molecule has 4 rings (SSSR count). The lowest BCUT2D eigenvalue weighted by molar-refractivity contribution is -0.126. The van der Waals surface area contributed by atoms with Gasteiger partial charge in [0.05, 0.1) is 34.1 Å². The zero-order chi connectivity index (χ0) is 31.1. The number of ether oxygens (including phenoxy) is 4. The number of aromatic nitrogens is 1. The molecular formula is C30H37N5O7S. The molecule has 43 heavy (non-hydrogen) atoms. The molecule has 0 spiro atoms. The van der Waals surface area contributed by atoms with E-state index in [0.29, 0.717) is 35.0 Å². The van der Waals surface area contributed by atoms with Gasteiger partial charge in [-0.15, -0.1) is 0 Å². The van der Waals surface area contributed by atoms with Crippen LogP contribution in [-0.4, -0.2) is 68.0 Å². The number of carbonyl (C=O) groups is 3. The Kier molecular flexibility index (Phi) is 10.3. The Labute approximate surface area is 254 Å². The molecule has 0 bridgehead atoms. The first kappa shape index (κ1) is 31.4. The van der Waals surface area contributed by atoms with Gasteiger partial charge in [-0.1, -0.05) is 18.9 Å². The number of rotatable bonds is 13. The van der Waals surface area contributed by atoms with Crippen molar-refractivity contribution in [3.8, 4) is 23.0 Å². The highest BCUT2D eigenvalue weighted by Crippen LogP contribution is 2.36. The van der Waals surface area contributed by atoms with Crippen LogP contribution in [0.25, 0.3) is 0 Å². The zero-order valence-corrected chi connectivity index (χ0v) is 25.5. The molecule has 1 aromatic heterocycles. The summed E-state index contributed by atoms with van der Waals surface area (Å²) in [6.07, 6.45) is 4.04. The molecule has 1 heterocycles. The first-order valence-electron chi connectivity index (χ1n) is 13.8. The molecule has 0 aliphatic heterocycles. The minimum Gasteiger partial charge on any atom is -0.497 e. The van der Waals surface area contributed by atoms with Gasteiger partial charge in [0.25, 0.3) is 11.8 Å². The fourth-order valence-electron chi connectivity index (χ4n) is 5.25. The normalized spacial score (nSPS) is 13.7. The molecule has 0 saturated heterocycles. The topological polar surface area (TPSA) is 168 Å². The third-order valence-corrected chi connectivity index (χ3v) is 8.35. The number of primary amides is 1. The van der Waals surface area contributed by atoms with Crippen LogP contribution in [0.5, 0.6) is 23.0 Å². The van der Waals surface area contributed by atoms with Crippen molar-refractivity contribution in [1.29, 1.82) is 0 Å². The van der Waals surface area contributed by atoms with Gasteiger partial charge in [0.15, 0.2) is 17.2 Å². The molecule has 1 aliphatic carbocycles. The molecule has 3 aromatic rings. The quantitative estimate of drug-likeness (QED) is 0.262. The van der Waals surface area contributed by atoms with Crippen molar-refractivity contribution >= 4 is 34.9 Å². The minimum absolute atomic E-state index is 0.00152. The summed E-state index contributed by atoms with van der Waals surface area (Å²) in [5, 5.41) is 3.14. The Morgan fingerprint density at radius 2 is 1.65 bits per heavy atom. The van der Waals surface area contributed by atoms with E-state index in [1.165, 1.54) is 19.1 Å². The largest absolute Gasteiger partial charge is 0.497 e. The van der Waals surface area contributed by atoms with E-state index in [1.807, 2.05) is 12.1 Å². The molecule has 1 aliphatic rings. The predicted octanol–water partition coefficient (Wildman–Crippen LogP) is 3.34. The number of carbonyl (C=O) groups excluding carboxylic acids is 3. The van der Waals surface area contributed by atoms with E-state index in [4.69, 9.17) is 30.4 Å². The van der Waals surface area contributed by atoms with Crippen LogP contribution in [0.3, 0.4) is 0 Å². The standard InChI is InChI=1S/C30H37N5O7S/c1-39-19-10-12-21(40-2)20(16-19)26(29(37)33-18-7-5-6-8-18)35(30(38)27-24(31)25(28(32)36)34-43-27)14-13-17-9-11-22(41-3)23(15-17)42-4/h9-12,15-16,18,26H,5-8,13-14,31H2,1-4H3,(H2,32,36)(H,33,37)/t26-/m1/s1. The highest BCUT2D eigenvalue weighted by molar-refractivity contribution is 7.09.